The lowest BCUT2D eigenvalue weighted by Crippen LogP contribution is -2.51. The summed E-state index contributed by atoms with van der Waals surface area (Å²) in [6.45, 7) is 5.57. The van der Waals surface area contributed by atoms with Crippen molar-refractivity contribution in [1.82, 2.24) is 10.6 Å². The van der Waals surface area contributed by atoms with Crippen LogP contribution in [-0.4, -0.2) is 36.1 Å². The first kappa shape index (κ1) is 15.0. The van der Waals surface area contributed by atoms with Gasteiger partial charge >= 0.3 is 5.97 Å². The molecule has 0 unspecified atom stereocenters. The number of hydrogen-bond donors (Lipinski definition) is 3. The van der Waals surface area contributed by atoms with Crippen LogP contribution in [0.2, 0.25) is 0 Å². The van der Waals surface area contributed by atoms with E-state index in [4.69, 9.17) is 5.11 Å². The number of hydrogen-bond acceptors (Lipinski definition) is 3. The van der Waals surface area contributed by atoms with Gasteiger partial charge in [0.25, 0.3) is 0 Å². The van der Waals surface area contributed by atoms with E-state index in [0.717, 1.165) is 38.8 Å². The highest BCUT2D eigenvalue weighted by molar-refractivity contribution is 5.87. The van der Waals surface area contributed by atoms with E-state index in [1.54, 1.807) is 0 Å². The molecule has 5 nitrogen and oxygen atoms in total. The molecule has 1 aliphatic rings. The van der Waals surface area contributed by atoms with Crippen LogP contribution in [0.5, 0.6) is 0 Å². The van der Waals surface area contributed by atoms with E-state index in [9.17, 15) is 9.59 Å². The van der Waals surface area contributed by atoms with Crippen LogP contribution >= 0.6 is 0 Å². The van der Waals surface area contributed by atoms with Crippen molar-refractivity contribution in [3.8, 4) is 0 Å². The van der Waals surface area contributed by atoms with Crippen molar-refractivity contribution >= 4 is 11.9 Å². The van der Waals surface area contributed by atoms with Gasteiger partial charge < -0.3 is 15.7 Å². The molecule has 3 N–H and O–H groups in total. The molecule has 0 spiro atoms. The van der Waals surface area contributed by atoms with Crippen molar-refractivity contribution in [2.24, 2.45) is 5.41 Å². The van der Waals surface area contributed by atoms with Crippen LogP contribution < -0.4 is 10.6 Å². The zero-order chi connectivity index (χ0) is 13.6. The van der Waals surface area contributed by atoms with E-state index in [0.29, 0.717) is 6.42 Å². The molecule has 5 heteroatoms. The average Bonchev–Trinajstić information content (AvgIpc) is 2.38. The van der Waals surface area contributed by atoms with Crippen molar-refractivity contribution in [3.05, 3.63) is 0 Å². The van der Waals surface area contributed by atoms with Crippen LogP contribution in [-0.2, 0) is 9.59 Å². The summed E-state index contributed by atoms with van der Waals surface area (Å²) in [6, 6.07) is -0.749. The highest BCUT2D eigenvalue weighted by Crippen LogP contribution is 2.32. The van der Waals surface area contributed by atoms with Crippen LogP contribution in [0.1, 0.15) is 46.0 Å². The first-order valence-electron chi connectivity index (χ1n) is 6.80. The van der Waals surface area contributed by atoms with E-state index in [-0.39, 0.29) is 11.3 Å². The second-order valence-corrected chi connectivity index (χ2v) is 5.04. The Bertz CT molecular complexity index is 299. The highest BCUT2D eigenvalue weighted by atomic mass is 16.4. The molecule has 1 atom stereocenters. The number of amides is 1. The molecule has 0 aromatic rings. The third-order valence-electron chi connectivity index (χ3n) is 3.90. The zero-order valence-electron chi connectivity index (χ0n) is 11.3. The van der Waals surface area contributed by atoms with Gasteiger partial charge in [-0.15, -0.1) is 0 Å². The molecule has 0 aromatic carbocycles. The number of piperidine rings is 1. The third-order valence-corrected chi connectivity index (χ3v) is 3.90. The first-order chi connectivity index (χ1) is 8.55. The van der Waals surface area contributed by atoms with Gasteiger partial charge in [-0.3, -0.25) is 4.79 Å². The summed E-state index contributed by atoms with van der Waals surface area (Å²) in [5.74, 6) is -1.03. The summed E-state index contributed by atoms with van der Waals surface area (Å²) in [5.41, 5.74) is -0.382. The van der Waals surface area contributed by atoms with Crippen LogP contribution in [0.3, 0.4) is 0 Å². The molecular formula is C13H24N2O3. The van der Waals surface area contributed by atoms with Gasteiger partial charge in [-0.2, -0.15) is 0 Å². The molecule has 1 rings (SSSR count). The minimum atomic E-state index is -0.939. The lowest BCUT2D eigenvalue weighted by Gasteiger charge is -2.36. The summed E-state index contributed by atoms with van der Waals surface area (Å²) in [7, 11) is 0. The molecule has 1 heterocycles. The summed E-state index contributed by atoms with van der Waals surface area (Å²) in [4.78, 5) is 23.4. The van der Waals surface area contributed by atoms with Crippen LogP contribution in [0.15, 0.2) is 0 Å². The molecule has 0 saturated carbocycles. The second-order valence-electron chi connectivity index (χ2n) is 5.04. The lowest BCUT2D eigenvalue weighted by atomic mass is 9.75. The largest absolute Gasteiger partial charge is 0.480 e. The van der Waals surface area contributed by atoms with Gasteiger partial charge in [0.2, 0.25) is 5.91 Å². The molecule has 0 radical (unpaired) electrons. The minimum Gasteiger partial charge on any atom is -0.480 e. The van der Waals surface area contributed by atoms with Crippen LogP contribution in [0, 0.1) is 5.41 Å². The molecule has 1 saturated heterocycles. The minimum absolute atomic E-state index is 0.0904. The maximum atomic E-state index is 12.3. The van der Waals surface area contributed by atoms with Gasteiger partial charge in [-0.1, -0.05) is 20.3 Å². The molecule has 104 valence electrons. The SMILES string of the molecule is CCC[C@H](NC(=O)C1(CC)CCNCC1)C(=O)O. The van der Waals surface area contributed by atoms with Crippen molar-refractivity contribution in [1.29, 1.82) is 0 Å². The second kappa shape index (κ2) is 6.73. The van der Waals surface area contributed by atoms with Gasteiger partial charge in [0.05, 0.1) is 5.41 Å². The summed E-state index contributed by atoms with van der Waals surface area (Å²) < 4.78 is 0. The molecule has 0 aliphatic carbocycles. The van der Waals surface area contributed by atoms with Crippen molar-refractivity contribution in [2.45, 2.75) is 52.0 Å². The fourth-order valence-electron chi connectivity index (χ4n) is 2.50. The summed E-state index contributed by atoms with van der Waals surface area (Å²) in [5, 5.41) is 15.0. The standard InChI is InChI=1S/C13H24N2O3/c1-3-5-10(11(16)17)15-12(18)13(4-2)6-8-14-9-7-13/h10,14H,3-9H2,1-2H3,(H,15,18)(H,16,17)/t10-/m0/s1. The van der Waals surface area contributed by atoms with Crippen molar-refractivity contribution in [2.75, 3.05) is 13.1 Å². The normalized spacial score (nSPS) is 20.1. The fraction of sp³-hybridized carbons (Fsp3) is 0.846. The Morgan fingerprint density at radius 1 is 1.33 bits per heavy atom. The summed E-state index contributed by atoms with van der Waals surface area (Å²) in [6.07, 6.45) is 3.57. The number of carbonyl (C=O) groups is 2. The van der Waals surface area contributed by atoms with Crippen molar-refractivity contribution < 1.29 is 14.7 Å². The molecule has 1 amide bonds. The molecule has 1 aliphatic heterocycles. The number of nitrogens with one attached hydrogen (secondary N) is 2. The van der Waals surface area contributed by atoms with E-state index in [1.165, 1.54) is 0 Å². The topological polar surface area (TPSA) is 78.4 Å². The fourth-order valence-corrected chi connectivity index (χ4v) is 2.50. The number of carboxylic acid groups (broad SMARTS) is 1. The zero-order valence-corrected chi connectivity index (χ0v) is 11.3. The van der Waals surface area contributed by atoms with Gasteiger partial charge in [-0.05, 0) is 38.8 Å². The maximum absolute atomic E-state index is 12.3. The molecule has 0 aromatic heterocycles. The Kier molecular flexibility index (Phi) is 5.59. The monoisotopic (exact) mass is 256 g/mol. The van der Waals surface area contributed by atoms with E-state index >= 15 is 0 Å². The smallest absolute Gasteiger partial charge is 0.326 e. The molecule has 0 bridgehead atoms. The predicted octanol–water partition coefficient (Wildman–Crippen LogP) is 1.14. The molecular weight excluding hydrogens is 232 g/mol. The molecule has 1 fully saturated rings. The Balaban J connectivity index is 2.68. The van der Waals surface area contributed by atoms with E-state index in [1.807, 2.05) is 13.8 Å². The predicted molar refractivity (Wildman–Crippen MR) is 69.3 cm³/mol. The van der Waals surface area contributed by atoms with Crippen molar-refractivity contribution in [3.63, 3.8) is 0 Å². The maximum Gasteiger partial charge on any atom is 0.326 e. The van der Waals surface area contributed by atoms with Crippen LogP contribution in [0.25, 0.3) is 0 Å². The highest BCUT2D eigenvalue weighted by Gasteiger charge is 2.39. The molecule has 18 heavy (non-hydrogen) atoms. The Morgan fingerprint density at radius 3 is 2.39 bits per heavy atom. The van der Waals surface area contributed by atoms with E-state index in [2.05, 4.69) is 10.6 Å². The van der Waals surface area contributed by atoms with Crippen LogP contribution in [0.4, 0.5) is 0 Å². The number of aliphatic carboxylic acids is 1. The Labute approximate surface area is 108 Å². The summed E-state index contributed by atoms with van der Waals surface area (Å²) >= 11 is 0. The quantitative estimate of drug-likeness (QED) is 0.666. The first-order valence-corrected chi connectivity index (χ1v) is 6.80. The number of carbonyl (C=O) groups excluding carboxylic acids is 1. The van der Waals surface area contributed by atoms with Gasteiger partial charge in [-0.25, -0.2) is 4.79 Å². The third kappa shape index (κ3) is 3.45. The van der Waals surface area contributed by atoms with E-state index < -0.39 is 12.0 Å². The lowest BCUT2D eigenvalue weighted by molar-refractivity contribution is -0.144. The Hall–Kier alpha value is -1.10. The Morgan fingerprint density at radius 2 is 1.94 bits per heavy atom. The number of carboxylic acids is 1. The average molecular weight is 256 g/mol. The van der Waals surface area contributed by atoms with Gasteiger partial charge in [0.1, 0.15) is 6.04 Å². The van der Waals surface area contributed by atoms with Gasteiger partial charge in [0.15, 0.2) is 0 Å². The number of rotatable bonds is 6. The van der Waals surface area contributed by atoms with Gasteiger partial charge in [0, 0.05) is 0 Å².